The Hall–Kier alpha value is -1.85. The summed E-state index contributed by atoms with van der Waals surface area (Å²) < 4.78 is 0. The predicted octanol–water partition coefficient (Wildman–Crippen LogP) is 3.27. The third-order valence-corrected chi connectivity index (χ3v) is 5.01. The molecule has 1 aromatic carbocycles. The third kappa shape index (κ3) is 5.35. The minimum absolute atomic E-state index is 0.396. The lowest BCUT2D eigenvalue weighted by Crippen LogP contribution is -2.44. The van der Waals surface area contributed by atoms with Gasteiger partial charge in [-0.1, -0.05) is 37.3 Å². The number of rotatable bonds is 7. The Balaban J connectivity index is 1.98. The van der Waals surface area contributed by atoms with E-state index in [-0.39, 0.29) is 0 Å². The molecule has 1 heterocycles. The standard InChI is InChI=1S/C19H27N3OS/c1-4-16-11-12-17(24-16)13-21-18(20-5-2)22-14-19(3,23)15-9-7-6-8-10-15/h6-12,23H,4-5,13-14H2,1-3H3,(H2,20,21,22). The molecule has 0 bridgehead atoms. The molecule has 2 rings (SSSR count). The summed E-state index contributed by atoms with van der Waals surface area (Å²) in [5.74, 6) is 0.722. The lowest BCUT2D eigenvalue weighted by atomic mass is 9.96. The number of nitrogens with zero attached hydrogens (tertiary/aromatic N) is 1. The molecule has 1 atom stereocenters. The van der Waals surface area contributed by atoms with Crippen LogP contribution in [0.2, 0.25) is 0 Å². The van der Waals surface area contributed by atoms with Gasteiger partial charge in [-0.25, -0.2) is 4.99 Å². The predicted molar refractivity (Wildman–Crippen MR) is 103 cm³/mol. The van der Waals surface area contributed by atoms with Crippen molar-refractivity contribution in [3.8, 4) is 0 Å². The number of guanidine groups is 1. The number of aliphatic hydroxyl groups is 1. The van der Waals surface area contributed by atoms with Crippen LogP contribution in [-0.4, -0.2) is 24.2 Å². The van der Waals surface area contributed by atoms with Gasteiger partial charge in [0, 0.05) is 16.3 Å². The molecule has 0 saturated carbocycles. The normalized spacial score (nSPS) is 14.2. The van der Waals surface area contributed by atoms with Crippen LogP contribution < -0.4 is 10.6 Å². The maximum Gasteiger partial charge on any atom is 0.191 e. The van der Waals surface area contributed by atoms with Crippen molar-refractivity contribution in [3.63, 3.8) is 0 Å². The van der Waals surface area contributed by atoms with E-state index < -0.39 is 5.60 Å². The van der Waals surface area contributed by atoms with Gasteiger partial charge in [-0.2, -0.15) is 0 Å². The highest BCUT2D eigenvalue weighted by molar-refractivity contribution is 7.11. The summed E-state index contributed by atoms with van der Waals surface area (Å²) in [5.41, 5.74) is -0.0605. The van der Waals surface area contributed by atoms with E-state index in [0.29, 0.717) is 13.1 Å². The van der Waals surface area contributed by atoms with E-state index in [1.807, 2.05) is 44.2 Å². The molecule has 0 saturated heterocycles. The zero-order valence-electron chi connectivity index (χ0n) is 14.7. The van der Waals surface area contributed by atoms with Crippen LogP contribution >= 0.6 is 11.3 Å². The minimum Gasteiger partial charge on any atom is -0.384 e. The maximum atomic E-state index is 10.7. The number of aliphatic imine (C=N–C) groups is 1. The molecule has 0 radical (unpaired) electrons. The lowest BCUT2D eigenvalue weighted by Gasteiger charge is -2.25. The Bertz CT molecular complexity index is 650. The van der Waals surface area contributed by atoms with Crippen LogP contribution in [0.25, 0.3) is 0 Å². The van der Waals surface area contributed by atoms with Gasteiger partial charge in [0.25, 0.3) is 0 Å². The van der Waals surface area contributed by atoms with E-state index in [9.17, 15) is 5.11 Å². The van der Waals surface area contributed by atoms with Gasteiger partial charge in [-0.3, -0.25) is 0 Å². The highest BCUT2D eigenvalue weighted by Gasteiger charge is 2.22. The van der Waals surface area contributed by atoms with Gasteiger partial charge >= 0.3 is 0 Å². The zero-order chi connectivity index (χ0) is 17.4. The third-order valence-electron chi connectivity index (χ3n) is 3.80. The fourth-order valence-electron chi connectivity index (χ4n) is 2.35. The molecule has 0 aliphatic carbocycles. The molecule has 0 fully saturated rings. The fourth-order valence-corrected chi connectivity index (χ4v) is 3.23. The molecule has 5 heteroatoms. The van der Waals surface area contributed by atoms with Gasteiger partial charge in [0.05, 0.1) is 13.1 Å². The largest absolute Gasteiger partial charge is 0.384 e. The second kappa shape index (κ2) is 8.85. The molecule has 1 unspecified atom stereocenters. The summed E-state index contributed by atoms with van der Waals surface area (Å²) >= 11 is 1.80. The summed E-state index contributed by atoms with van der Waals surface area (Å²) in [6, 6.07) is 14.0. The minimum atomic E-state index is -0.949. The van der Waals surface area contributed by atoms with Crippen molar-refractivity contribution in [2.45, 2.75) is 39.3 Å². The Labute approximate surface area is 148 Å². The molecular formula is C19H27N3OS. The van der Waals surface area contributed by atoms with Crippen molar-refractivity contribution in [3.05, 3.63) is 57.8 Å². The molecular weight excluding hydrogens is 318 g/mol. The summed E-state index contributed by atoms with van der Waals surface area (Å²) in [5, 5.41) is 17.2. The molecule has 0 aliphatic heterocycles. The molecule has 130 valence electrons. The molecule has 4 nitrogen and oxygen atoms in total. The Morgan fingerprint density at radius 1 is 1.08 bits per heavy atom. The van der Waals surface area contributed by atoms with Crippen molar-refractivity contribution in [1.29, 1.82) is 0 Å². The lowest BCUT2D eigenvalue weighted by molar-refractivity contribution is 0.0617. The average molecular weight is 346 g/mol. The first kappa shape index (κ1) is 18.5. The number of hydrogen-bond acceptors (Lipinski definition) is 3. The number of thiophene rings is 1. The van der Waals surface area contributed by atoms with Crippen LogP contribution in [0.1, 0.15) is 36.1 Å². The Kier molecular flexibility index (Phi) is 6.82. The summed E-state index contributed by atoms with van der Waals surface area (Å²) in [7, 11) is 0. The number of hydrogen-bond donors (Lipinski definition) is 3. The van der Waals surface area contributed by atoms with Crippen LogP contribution in [0.4, 0.5) is 0 Å². The van der Waals surface area contributed by atoms with Crippen LogP contribution in [-0.2, 0) is 18.6 Å². The number of nitrogens with one attached hydrogen (secondary N) is 2. The summed E-state index contributed by atoms with van der Waals surface area (Å²) in [4.78, 5) is 7.25. The monoisotopic (exact) mass is 345 g/mol. The SMILES string of the molecule is CCNC(=NCc1ccc(CC)s1)NCC(C)(O)c1ccccc1. The quantitative estimate of drug-likeness (QED) is 0.533. The smallest absolute Gasteiger partial charge is 0.191 e. The molecule has 24 heavy (non-hydrogen) atoms. The second-order valence-corrected chi connectivity index (χ2v) is 7.16. The fraction of sp³-hybridized carbons (Fsp3) is 0.421. The van der Waals surface area contributed by atoms with Crippen LogP contribution in [0.5, 0.6) is 0 Å². The molecule has 0 spiro atoms. The zero-order valence-corrected chi connectivity index (χ0v) is 15.5. The number of aryl methyl sites for hydroxylation is 1. The summed E-state index contributed by atoms with van der Waals surface area (Å²) in [6.07, 6.45) is 1.06. The Morgan fingerprint density at radius 3 is 2.42 bits per heavy atom. The molecule has 0 aliphatic rings. The highest BCUT2D eigenvalue weighted by Crippen LogP contribution is 2.19. The van der Waals surface area contributed by atoms with E-state index >= 15 is 0 Å². The van der Waals surface area contributed by atoms with E-state index in [2.05, 4.69) is 34.7 Å². The average Bonchev–Trinajstić information content (AvgIpc) is 3.06. The van der Waals surface area contributed by atoms with Gasteiger partial charge < -0.3 is 15.7 Å². The van der Waals surface area contributed by atoms with Gasteiger partial charge in [0.15, 0.2) is 5.96 Å². The first-order chi connectivity index (χ1) is 11.5. The van der Waals surface area contributed by atoms with Crippen LogP contribution in [0.3, 0.4) is 0 Å². The van der Waals surface area contributed by atoms with Crippen molar-refractivity contribution in [2.75, 3.05) is 13.1 Å². The first-order valence-corrected chi connectivity index (χ1v) is 9.24. The van der Waals surface area contributed by atoms with E-state index in [4.69, 9.17) is 0 Å². The molecule has 1 aromatic heterocycles. The van der Waals surface area contributed by atoms with Gasteiger partial charge in [-0.05, 0) is 38.0 Å². The molecule has 0 amide bonds. The number of benzene rings is 1. The van der Waals surface area contributed by atoms with Crippen molar-refractivity contribution < 1.29 is 5.11 Å². The Morgan fingerprint density at radius 2 is 1.79 bits per heavy atom. The van der Waals surface area contributed by atoms with Crippen molar-refractivity contribution in [1.82, 2.24) is 10.6 Å². The molecule has 2 aromatic rings. The van der Waals surface area contributed by atoms with Gasteiger partial charge in [0.2, 0.25) is 0 Å². The summed E-state index contributed by atoms with van der Waals surface area (Å²) in [6.45, 7) is 7.83. The van der Waals surface area contributed by atoms with Gasteiger partial charge in [-0.15, -0.1) is 11.3 Å². The van der Waals surface area contributed by atoms with Gasteiger partial charge in [0.1, 0.15) is 5.60 Å². The molecule has 3 N–H and O–H groups in total. The first-order valence-electron chi connectivity index (χ1n) is 8.43. The van der Waals surface area contributed by atoms with Crippen LogP contribution in [0, 0.1) is 0 Å². The second-order valence-electron chi connectivity index (χ2n) is 5.91. The van der Waals surface area contributed by atoms with Crippen molar-refractivity contribution >= 4 is 17.3 Å². The van der Waals surface area contributed by atoms with E-state index in [0.717, 1.165) is 24.5 Å². The van der Waals surface area contributed by atoms with Crippen molar-refractivity contribution in [2.24, 2.45) is 4.99 Å². The van der Waals surface area contributed by atoms with E-state index in [1.165, 1.54) is 9.75 Å². The highest BCUT2D eigenvalue weighted by atomic mass is 32.1. The topological polar surface area (TPSA) is 56.7 Å². The maximum absolute atomic E-state index is 10.7. The van der Waals surface area contributed by atoms with E-state index in [1.54, 1.807) is 11.3 Å². The van der Waals surface area contributed by atoms with Crippen LogP contribution in [0.15, 0.2) is 47.5 Å².